The van der Waals surface area contributed by atoms with Crippen molar-refractivity contribution >= 4 is 5.97 Å². The molecule has 0 aliphatic carbocycles. The number of nitrogens with one attached hydrogen (secondary N) is 1. The number of hydrogen-bond donors (Lipinski definition) is 2. The average molecular weight is 442 g/mol. The number of nitrogens with zero attached hydrogens (tertiary/aromatic N) is 3. The molecule has 4 rings (SSSR count). The summed E-state index contributed by atoms with van der Waals surface area (Å²) >= 11 is 0. The van der Waals surface area contributed by atoms with E-state index in [0.717, 1.165) is 5.56 Å². The van der Waals surface area contributed by atoms with Crippen molar-refractivity contribution in [3.63, 3.8) is 0 Å². The van der Waals surface area contributed by atoms with Gasteiger partial charge in [-0.1, -0.05) is 53.7 Å². The Kier molecular flexibility index (Phi) is 6.53. The van der Waals surface area contributed by atoms with Gasteiger partial charge in [0.15, 0.2) is 0 Å². The number of benzene rings is 3. The average Bonchev–Trinajstić information content (AvgIpc) is 3.32. The third-order valence-electron chi connectivity index (χ3n) is 5.04. The highest BCUT2D eigenvalue weighted by molar-refractivity contribution is 5.73. The first-order chi connectivity index (χ1) is 16.0. The van der Waals surface area contributed by atoms with Gasteiger partial charge < -0.3 is 14.9 Å². The number of carboxylic acid groups (broad SMARTS) is 1. The second kappa shape index (κ2) is 9.85. The zero-order chi connectivity index (χ0) is 23.2. The molecule has 33 heavy (non-hydrogen) atoms. The Hall–Kier alpha value is -4.35. The Morgan fingerprint density at radius 3 is 2.55 bits per heavy atom. The van der Waals surface area contributed by atoms with Gasteiger partial charge >= 0.3 is 5.97 Å². The molecular weight excluding hydrogens is 423 g/mol. The molecule has 0 unspecified atom stereocenters. The van der Waals surface area contributed by atoms with E-state index in [-0.39, 0.29) is 17.9 Å². The predicted octanol–water partition coefficient (Wildman–Crippen LogP) is 4.65. The van der Waals surface area contributed by atoms with Crippen LogP contribution in [0.15, 0.2) is 71.3 Å². The fourth-order valence-electron chi connectivity index (χ4n) is 3.34. The van der Waals surface area contributed by atoms with Crippen LogP contribution in [-0.4, -0.2) is 27.8 Å². The largest absolute Gasteiger partial charge is 0.481 e. The van der Waals surface area contributed by atoms with E-state index in [0.29, 0.717) is 41.2 Å². The second-order valence-corrected chi connectivity index (χ2v) is 7.29. The highest BCUT2D eigenvalue weighted by Gasteiger charge is 2.16. The second-order valence-electron chi connectivity index (χ2n) is 7.29. The zero-order valence-corrected chi connectivity index (χ0v) is 17.5. The van der Waals surface area contributed by atoms with Gasteiger partial charge in [-0.25, -0.2) is 4.39 Å². The molecule has 0 amide bonds. The molecule has 0 atom stereocenters. The third kappa shape index (κ3) is 5.11. The highest BCUT2D eigenvalue weighted by atomic mass is 19.1. The summed E-state index contributed by atoms with van der Waals surface area (Å²) in [7, 11) is 0. The lowest BCUT2D eigenvalue weighted by atomic mass is 9.99. The fourth-order valence-corrected chi connectivity index (χ4v) is 3.34. The standard InChI is InChI=1S/C25H19FN4O3/c26-22-13-18(20-4-2-1-3-19(20)14-27)9-10-21(22)25-29-24(30-33-25)17-7-5-16(6-8-17)15-28-12-11-23(31)32/h1-10,13,28H,11-12,15H2,(H,31,32). The lowest BCUT2D eigenvalue weighted by molar-refractivity contribution is -0.136. The van der Waals surface area contributed by atoms with Crippen molar-refractivity contribution in [2.75, 3.05) is 6.54 Å². The minimum absolute atomic E-state index is 0.0574. The Morgan fingerprint density at radius 1 is 1.06 bits per heavy atom. The summed E-state index contributed by atoms with van der Waals surface area (Å²) < 4.78 is 20.2. The number of nitriles is 1. The van der Waals surface area contributed by atoms with E-state index in [2.05, 4.69) is 21.5 Å². The summed E-state index contributed by atoms with van der Waals surface area (Å²) in [5, 5.41) is 25.0. The monoisotopic (exact) mass is 442 g/mol. The molecule has 3 aromatic carbocycles. The normalized spacial score (nSPS) is 10.7. The first-order valence-electron chi connectivity index (χ1n) is 10.2. The van der Waals surface area contributed by atoms with Gasteiger partial charge in [0.2, 0.25) is 5.82 Å². The van der Waals surface area contributed by atoms with Gasteiger partial charge in [0, 0.05) is 18.7 Å². The van der Waals surface area contributed by atoms with Crippen molar-refractivity contribution in [1.29, 1.82) is 5.26 Å². The van der Waals surface area contributed by atoms with Crippen LogP contribution < -0.4 is 5.32 Å². The molecule has 0 aliphatic rings. The summed E-state index contributed by atoms with van der Waals surface area (Å²) in [5.74, 6) is -0.988. The molecule has 0 fully saturated rings. The molecule has 4 aromatic rings. The van der Waals surface area contributed by atoms with Gasteiger partial charge in [-0.3, -0.25) is 4.79 Å². The molecule has 8 heteroatoms. The van der Waals surface area contributed by atoms with E-state index in [1.165, 1.54) is 6.07 Å². The van der Waals surface area contributed by atoms with E-state index >= 15 is 0 Å². The van der Waals surface area contributed by atoms with Crippen LogP contribution in [0.4, 0.5) is 4.39 Å². The highest BCUT2D eigenvalue weighted by Crippen LogP contribution is 2.30. The van der Waals surface area contributed by atoms with Gasteiger partial charge in [-0.2, -0.15) is 10.2 Å². The fraction of sp³-hybridized carbons (Fsp3) is 0.120. The number of carboxylic acids is 1. The molecule has 0 saturated carbocycles. The van der Waals surface area contributed by atoms with Crippen LogP contribution in [0, 0.1) is 17.1 Å². The topological polar surface area (TPSA) is 112 Å². The van der Waals surface area contributed by atoms with E-state index in [4.69, 9.17) is 9.63 Å². The van der Waals surface area contributed by atoms with Gasteiger partial charge in [-0.15, -0.1) is 0 Å². The van der Waals surface area contributed by atoms with Crippen LogP contribution in [0.3, 0.4) is 0 Å². The summed E-state index contributed by atoms with van der Waals surface area (Å²) in [6.07, 6.45) is 0.0616. The lowest BCUT2D eigenvalue weighted by Gasteiger charge is -2.05. The van der Waals surface area contributed by atoms with Crippen LogP contribution in [-0.2, 0) is 11.3 Å². The number of hydrogen-bond acceptors (Lipinski definition) is 6. The molecule has 1 heterocycles. The number of rotatable bonds is 8. The first kappa shape index (κ1) is 21.9. The van der Waals surface area contributed by atoms with E-state index in [1.54, 1.807) is 36.4 Å². The SMILES string of the molecule is N#Cc1ccccc1-c1ccc(-c2nc(-c3ccc(CNCCC(=O)O)cc3)no2)c(F)c1. The number of aliphatic carboxylic acids is 1. The third-order valence-corrected chi connectivity index (χ3v) is 5.04. The van der Waals surface area contributed by atoms with Gasteiger partial charge in [0.05, 0.1) is 23.6 Å². The van der Waals surface area contributed by atoms with Crippen LogP contribution in [0.2, 0.25) is 0 Å². The van der Waals surface area contributed by atoms with Crippen LogP contribution in [0.25, 0.3) is 34.0 Å². The van der Waals surface area contributed by atoms with Crippen molar-refractivity contribution in [3.8, 4) is 40.0 Å². The molecule has 1 aromatic heterocycles. The Labute approximate surface area is 189 Å². The Bertz CT molecular complexity index is 1330. The lowest BCUT2D eigenvalue weighted by Crippen LogP contribution is -2.17. The van der Waals surface area contributed by atoms with Crippen molar-refractivity contribution in [1.82, 2.24) is 15.5 Å². The molecule has 0 aliphatic heterocycles. The molecule has 164 valence electrons. The van der Waals surface area contributed by atoms with Crippen molar-refractivity contribution < 1.29 is 18.8 Å². The molecule has 0 bridgehead atoms. The van der Waals surface area contributed by atoms with Crippen LogP contribution in [0.1, 0.15) is 17.5 Å². The zero-order valence-electron chi connectivity index (χ0n) is 17.5. The quantitative estimate of drug-likeness (QED) is 0.382. The maximum Gasteiger partial charge on any atom is 0.304 e. The van der Waals surface area contributed by atoms with Gasteiger partial charge in [0.25, 0.3) is 5.89 Å². The molecule has 0 radical (unpaired) electrons. The summed E-state index contributed by atoms with van der Waals surface area (Å²) in [6.45, 7) is 0.926. The Morgan fingerprint density at radius 2 is 1.82 bits per heavy atom. The van der Waals surface area contributed by atoms with E-state index in [9.17, 15) is 14.4 Å². The van der Waals surface area contributed by atoms with E-state index in [1.807, 2.05) is 24.3 Å². The Balaban J connectivity index is 1.49. The number of aromatic nitrogens is 2. The molecule has 2 N–H and O–H groups in total. The number of carbonyl (C=O) groups is 1. The van der Waals surface area contributed by atoms with Crippen LogP contribution in [0.5, 0.6) is 0 Å². The van der Waals surface area contributed by atoms with Crippen molar-refractivity contribution in [3.05, 3.63) is 83.7 Å². The van der Waals surface area contributed by atoms with Crippen molar-refractivity contribution in [2.24, 2.45) is 0 Å². The summed E-state index contributed by atoms with van der Waals surface area (Å²) in [5.41, 5.74) is 3.55. The minimum Gasteiger partial charge on any atom is -0.481 e. The number of halogens is 1. The molecular formula is C25H19FN4O3. The van der Waals surface area contributed by atoms with Crippen LogP contribution >= 0.6 is 0 Å². The molecule has 0 spiro atoms. The van der Waals surface area contributed by atoms with Gasteiger partial charge in [0.1, 0.15) is 5.82 Å². The molecule has 0 saturated heterocycles. The predicted molar refractivity (Wildman–Crippen MR) is 119 cm³/mol. The smallest absolute Gasteiger partial charge is 0.304 e. The van der Waals surface area contributed by atoms with Crippen molar-refractivity contribution in [2.45, 2.75) is 13.0 Å². The van der Waals surface area contributed by atoms with Gasteiger partial charge in [-0.05, 0) is 34.9 Å². The first-order valence-corrected chi connectivity index (χ1v) is 10.2. The van der Waals surface area contributed by atoms with E-state index < -0.39 is 11.8 Å². The summed E-state index contributed by atoms with van der Waals surface area (Å²) in [4.78, 5) is 14.9. The summed E-state index contributed by atoms with van der Waals surface area (Å²) in [6, 6.07) is 21.1. The maximum atomic E-state index is 14.9. The minimum atomic E-state index is -0.844. The molecule has 7 nitrogen and oxygen atoms in total. The maximum absolute atomic E-state index is 14.9.